The average molecular weight is 282 g/mol. The van der Waals surface area contributed by atoms with E-state index in [1.807, 2.05) is 6.92 Å². The van der Waals surface area contributed by atoms with E-state index in [0.717, 1.165) is 25.9 Å². The summed E-state index contributed by atoms with van der Waals surface area (Å²) < 4.78 is 5.46. The van der Waals surface area contributed by atoms with Crippen LogP contribution in [0.4, 0.5) is 5.69 Å². The van der Waals surface area contributed by atoms with Crippen molar-refractivity contribution in [2.24, 2.45) is 5.92 Å². The zero-order chi connectivity index (χ0) is 14.8. The molecular weight excluding hydrogens is 260 g/mol. The highest BCUT2D eigenvalue weighted by atomic mass is 16.6. The van der Waals surface area contributed by atoms with Crippen molar-refractivity contribution in [3.63, 3.8) is 0 Å². The molecule has 112 valence electrons. The van der Waals surface area contributed by atoms with Crippen molar-refractivity contribution in [2.45, 2.75) is 19.8 Å². The first kappa shape index (κ1) is 16.4. The Morgan fingerprint density at radius 3 is 2.65 bits per heavy atom. The van der Waals surface area contributed by atoms with Gasteiger partial charge >= 0.3 is 0 Å². The summed E-state index contributed by atoms with van der Waals surface area (Å²) in [6.45, 7) is 4.41. The number of ether oxygens (including phenoxy) is 1. The monoisotopic (exact) mass is 282 g/mol. The number of nitro groups is 1. The molecule has 0 saturated heterocycles. The van der Waals surface area contributed by atoms with Crippen LogP contribution in [0.5, 0.6) is 5.75 Å². The molecule has 1 rings (SSSR count). The van der Waals surface area contributed by atoms with E-state index in [1.54, 1.807) is 12.1 Å². The molecule has 0 fully saturated rings. The first-order valence-corrected chi connectivity index (χ1v) is 6.82. The van der Waals surface area contributed by atoms with Gasteiger partial charge in [-0.25, -0.2) is 0 Å². The number of nitrogens with zero attached hydrogens (tertiary/aromatic N) is 1. The molecule has 6 heteroatoms. The predicted molar refractivity (Wildman–Crippen MR) is 76.9 cm³/mol. The van der Waals surface area contributed by atoms with Crippen LogP contribution in [0.1, 0.15) is 19.8 Å². The molecule has 1 atom stereocenters. The molecule has 0 radical (unpaired) electrons. The molecule has 0 aromatic heterocycles. The molecule has 0 aliphatic rings. The highest BCUT2D eigenvalue weighted by Gasteiger charge is 2.04. The molecule has 6 nitrogen and oxygen atoms in total. The zero-order valence-corrected chi connectivity index (χ0v) is 11.7. The van der Waals surface area contributed by atoms with Gasteiger partial charge in [-0.05, 0) is 37.4 Å². The van der Waals surface area contributed by atoms with Crippen molar-refractivity contribution in [1.29, 1.82) is 0 Å². The molecule has 1 unspecified atom stereocenters. The number of benzene rings is 1. The SMILES string of the molecule is CC(CO)CCCNCCOc1ccc([N+](=O)[O-])cc1. The van der Waals surface area contributed by atoms with E-state index in [2.05, 4.69) is 5.32 Å². The summed E-state index contributed by atoms with van der Waals surface area (Å²) in [5.74, 6) is 0.986. The minimum atomic E-state index is -0.432. The molecule has 20 heavy (non-hydrogen) atoms. The molecule has 0 bridgehead atoms. The summed E-state index contributed by atoms with van der Waals surface area (Å²) in [5.41, 5.74) is 0.0634. The van der Waals surface area contributed by atoms with Crippen molar-refractivity contribution in [1.82, 2.24) is 5.32 Å². The number of non-ortho nitro benzene ring substituents is 1. The second-order valence-electron chi connectivity index (χ2n) is 4.78. The van der Waals surface area contributed by atoms with Crippen molar-refractivity contribution >= 4 is 5.69 Å². The number of aliphatic hydroxyl groups excluding tert-OH is 1. The second-order valence-corrected chi connectivity index (χ2v) is 4.78. The standard InChI is InChI=1S/C14H22N2O4/c1-12(11-17)3-2-8-15-9-10-20-14-6-4-13(5-7-14)16(18)19/h4-7,12,15,17H,2-3,8-11H2,1H3. The van der Waals surface area contributed by atoms with Crippen molar-refractivity contribution in [2.75, 3.05) is 26.3 Å². The van der Waals surface area contributed by atoms with E-state index >= 15 is 0 Å². The van der Waals surface area contributed by atoms with E-state index in [9.17, 15) is 10.1 Å². The fourth-order valence-corrected chi connectivity index (χ4v) is 1.70. The third-order valence-corrected chi connectivity index (χ3v) is 2.96. The maximum atomic E-state index is 10.5. The van der Waals surface area contributed by atoms with E-state index < -0.39 is 4.92 Å². The average Bonchev–Trinajstić information content (AvgIpc) is 2.46. The fourth-order valence-electron chi connectivity index (χ4n) is 1.70. The van der Waals surface area contributed by atoms with Gasteiger partial charge < -0.3 is 15.2 Å². The Balaban J connectivity index is 2.08. The lowest BCUT2D eigenvalue weighted by Crippen LogP contribution is -2.22. The van der Waals surface area contributed by atoms with Crippen molar-refractivity contribution in [3.8, 4) is 5.75 Å². The molecule has 0 amide bonds. The maximum absolute atomic E-state index is 10.5. The lowest BCUT2D eigenvalue weighted by molar-refractivity contribution is -0.384. The fraction of sp³-hybridized carbons (Fsp3) is 0.571. The van der Waals surface area contributed by atoms with Crippen LogP contribution in [-0.4, -0.2) is 36.3 Å². The normalized spacial score (nSPS) is 12.1. The van der Waals surface area contributed by atoms with Gasteiger partial charge in [-0.3, -0.25) is 10.1 Å². The molecule has 0 heterocycles. The topological polar surface area (TPSA) is 84.6 Å². The van der Waals surface area contributed by atoms with E-state index in [4.69, 9.17) is 9.84 Å². The van der Waals surface area contributed by atoms with E-state index in [0.29, 0.717) is 18.3 Å². The Bertz CT molecular complexity index is 395. The van der Waals surface area contributed by atoms with Crippen LogP contribution in [0, 0.1) is 16.0 Å². The first-order valence-electron chi connectivity index (χ1n) is 6.82. The van der Waals surface area contributed by atoms with Gasteiger partial charge in [0.25, 0.3) is 5.69 Å². The lowest BCUT2D eigenvalue weighted by atomic mass is 10.1. The molecule has 1 aromatic carbocycles. The molecule has 0 spiro atoms. The van der Waals surface area contributed by atoms with E-state index in [1.165, 1.54) is 12.1 Å². The van der Waals surface area contributed by atoms with Gasteiger partial charge in [0.1, 0.15) is 12.4 Å². The lowest BCUT2D eigenvalue weighted by Gasteiger charge is -2.09. The van der Waals surface area contributed by atoms with Crippen LogP contribution in [0.3, 0.4) is 0 Å². The van der Waals surface area contributed by atoms with Gasteiger partial charge in [0.05, 0.1) is 4.92 Å². The number of hydrogen-bond acceptors (Lipinski definition) is 5. The Morgan fingerprint density at radius 1 is 1.35 bits per heavy atom. The Morgan fingerprint density at radius 2 is 2.05 bits per heavy atom. The Kier molecular flexibility index (Phi) is 7.60. The summed E-state index contributed by atoms with van der Waals surface area (Å²) in [5, 5.41) is 22.6. The zero-order valence-electron chi connectivity index (χ0n) is 11.7. The van der Waals surface area contributed by atoms with Gasteiger partial charge in [-0.1, -0.05) is 6.92 Å². The number of rotatable bonds is 10. The smallest absolute Gasteiger partial charge is 0.269 e. The minimum absolute atomic E-state index is 0.0634. The first-order chi connectivity index (χ1) is 9.63. The van der Waals surface area contributed by atoms with Crippen LogP contribution in [0.15, 0.2) is 24.3 Å². The van der Waals surface area contributed by atoms with E-state index in [-0.39, 0.29) is 12.3 Å². The number of nitro benzene ring substituents is 1. The molecular formula is C14H22N2O4. The van der Waals surface area contributed by atoms with Gasteiger partial charge in [0.2, 0.25) is 0 Å². The molecule has 0 saturated carbocycles. The van der Waals surface area contributed by atoms with Crippen LogP contribution >= 0.6 is 0 Å². The highest BCUT2D eigenvalue weighted by molar-refractivity contribution is 5.35. The number of aliphatic hydroxyl groups is 1. The van der Waals surface area contributed by atoms with Gasteiger partial charge in [0, 0.05) is 25.3 Å². The molecule has 0 aliphatic carbocycles. The van der Waals surface area contributed by atoms with Crippen molar-refractivity contribution < 1.29 is 14.8 Å². The quantitative estimate of drug-likeness (QED) is 0.389. The summed E-state index contributed by atoms with van der Waals surface area (Å²) in [7, 11) is 0. The maximum Gasteiger partial charge on any atom is 0.269 e. The second kappa shape index (κ2) is 9.28. The van der Waals surface area contributed by atoms with Crippen LogP contribution in [-0.2, 0) is 0 Å². The van der Waals surface area contributed by atoms with Crippen LogP contribution in [0.25, 0.3) is 0 Å². The largest absolute Gasteiger partial charge is 0.492 e. The summed E-state index contributed by atoms with van der Waals surface area (Å²) in [6, 6.07) is 6.06. The van der Waals surface area contributed by atoms with Gasteiger partial charge in [-0.2, -0.15) is 0 Å². The number of nitrogens with one attached hydrogen (secondary N) is 1. The van der Waals surface area contributed by atoms with Crippen molar-refractivity contribution in [3.05, 3.63) is 34.4 Å². The summed E-state index contributed by atoms with van der Waals surface area (Å²) in [6.07, 6.45) is 2.03. The summed E-state index contributed by atoms with van der Waals surface area (Å²) >= 11 is 0. The molecule has 2 N–H and O–H groups in total. The molecule has 1 aromatic rings. The third kappa shape index (κ3) is 6.49. The minimum Gasteiger partial charge on any atom is -0.492 e. The van der Waals surface area contributed by atoms with Gasteiger partial charge in [-0.15, -0.1) is 0 Å². The Labute approximate surface area is 118 Å². The Hall–Kier alpha value is -1.66. The predicted octanol–water partition coefficient (Wildman–Crippen LogP) is 1.97. The number of hydrogen-bond donors (Lipinski definition) is 2. The summed E-state index contributed by atoms with van der Waals surface area (Å²) in [4.78, 5) is 10.0. The van der Waals surface area contributed by atoms with Crippen LogP contribution < -0.4 is 10.1 Å². The molecule has 0 aliphatic heterocycles. The van der Waals surface area contributed by atoms with Crippen LogP contribution in [0.2, 0.25) is 0 Å². The highest BCUT2D eigenvalue weighted by Crippen LogP contribution is 2.16. The van der Waals surface area contributed by atoms with Gasteiger partial charge in [0.15, 0.2) is 0 Å². The third-order valence-electron chi connectivity index (χ3n) is 2.96.